The molecule has 0 saturated heterocycles. The first-order valence-corrected chi connectivity index (χ1v) is 7.79. The fourth-order valence-electron chi connectivity index (χ4n) is 2.81. The Labute approximate surface area is 124 Å². The Morgan fingerprint density at radius 2 is 1.55 bits per heavy atom. The summed E-state index contributed by atoms with van der Waals surface area (Å²) in [6.45, 7) is 17.1. The maximum atomic E-state index is 2.52. The quantitative estimate of drug-likeness (QED) is 0.665. The normalized spacial score (nSPS) is 13.2. The van der Waals surface area contributed by atoms with Crippen molar-refractivity contribution < 1.29 is 0 Å². The number of hydrogen-bond donors (Lipinski definition) is 0. The van der Waals surface area contributed by atoms with Crippen molar-refractivity contribution in [1.82, 2.24) is 4.57 Å². The molecule has 1 nitrogen and oxygen atoms in total. The van der Waals surface area contributed by atoms with Crippen LogP contribution in [0.5, 0.6) is 0 Å². The summed E-state index contributed by atoms with van der Waals surface area (Å²) in [5.41, 5.74) is 4.65. The minimum atomic E-state index is 0.191. The lowest BCUT2D eigenvalue weighted by molar-refractivity contribution is 0.520. The van der Waals surface area contributed by atoms with Crippen molar-refractivity contribution in [3.8, 4) is 0 Å². The van der Waals surface area contributed by atoms with E-state index in [1.165, 1.54) is 28.6 Å². The Hall–Kier alpha value is -1.24. The first-order valence-electron chi connectivity index (χ1n) is 7.79. The van der Waals surface area contributed by atoms with Crippen LogP contribution in [0.3, 0.4) is 0 Å². The number of aryl methyl sites for hydroxylation is 1. The van der Waals surface area contributed by atoms with Gasteiger partial charge >= 0.3 is 0 Å². The summed E-state index contributed by atoms with van der Waals surface area (Å²) in [7, 11) is 0. The molecule has 0 N–H and O–H groups in total. The van der Waals surface area contributed by atoms with Crippen LogP contribution in [0, 0.1) is 0 Å². The molecule has 1 heteroatoms. The van der Waals surface area contributed by atoms with Gasteiger partial charge in [0.1, 0.15) is 0 Å². The van der Waals surface area contributed by atoms with Gasteiger partial charge in [-0.1, -0.05) is 60.6 Å². The fraction of sp³-hybridized carbons (Fsp3) is 0.579. The number of aromatic nitrogens is 1. The molecule has 0 saturated carbocycles. The molecule has 1 aromatic carbocycles. The van der Waals surface area contributed by atoms with Crippen molar-refractivity contribution >= 4 is 10.9 Å². The summed E-state index contributed by atoms with van der Waals surface area (Å²) < 4.78 is 2.52. The first kappa shape index (κ1) is 15.2. The van der Waals surface area contributed by atoms with Crippen LogP contribution >= 0.6 is 0 Å². The monoisotopic (exact) mass is 271 g/mol. The molecule has 0 aliphatic heterocycles. The molecule has 1 heterocycles. The third-order valence-corrected chi connectivity index (χ3v) is 3.99. The Morgan fingerprint density at radius 3 is 2.05 bits per heavy atom. The molecule has 0 fully saturated rings. The highest BCUT2D eigenvalue weighted by Gasteiger charge is 2.22. The van der Waals surface area contributed by atoms with E-state index in [2.05, 4.69) is 77.3 Å². The third kappa shape index (κ3) is 2.77. The molecule has 0 bridgehead atoms. The molecule has 0 spiro atoms. The molecular formula is C19H29N. The minimum Gasteiger partial charge on any atom is -0.344 e. The van der Waals surface area contributed by atoms with Crippen molar-refractivity contribution in [3.63, 3.8) is 0 Å². The van der Waals surface area contributed by atoms with Crippen LogP contribution in [0.1, 0.15) is 66.1 Å². The van der Waals surface area contributed by atoms with E-state index in [1.54, 1.807) is 0 Å². The van der Waals surface area contributed by atoms with Crippen molar-refractivity contribution in [2.24, 2.45) is 0 Å². The average molecular weight is 271 g/mol. The van der Waals surface area contributed by atoms with Gasteiger partial charge in [0, 0.05) is 23.2 Å². The van der Waals surface area contributed by atoms with Crippen LogP contribution in [-0.4, -0.2) is 4.57 Å². The second-order valence-corrected chi connectivity index (χ2v) is 7.95. The van der Waals surface area contributed by atoms with Crippen LogP contribution < -0.4 is 0 Å². The molecule has 0 radical (unpaired) electrons. The van der Waals surface area contributed by atoms with E-state index in [1.807, 2.05) is 0 Å². The predicted octanol–water partition coefficient (Wildman–Crippen LogP) is 5.65. The topological polar surface area (TPSA) is 4.93 Å². The molecule has 2 rings (SSSR count). The fourth-order valence-corrected chi connectivity index (χ4v) is 2.81. The molecule has 0 unspecified atom stereocenters. The van der Waals surface area contributed by atoms with Gasteiger partial charge in [-0.25, -0.2) is 0 Å². The van der Waals surface area contributed by atoms with Crippen molar-refractivity contribution in [2.45, 2.75) is 72.3 Å². The number of benzene rings is 1. The summed E-state index contributed by atoms with van der Waals surface area (Å²) in [6.07, 6.45) is 1.17. The summed E-state index contributed by atoms with van der Waals surface area (Å²) in [5, 5.41) is 1.37. The van der Waals surface area contributed by atoms with Gasteiger partial charge in [0.05, 0.1) is 0 Å². The lowest BCUT2D eigenvalue weighted by Gasteiger charge is -2.23. The van der Waals surface area contributed by atoms with Crippen molar-refractivity contribution in [1.29, 1.82) is 0 Å². The molecule has 0 aliphatic carbocycles. The van der Waals surface area contributed by atoms with Crippen LogP contribution in [-0.2, 0) is 17.4 Å². The summed E-state index contributed by atoms with van der Waals surface area (Å²) in [4.78, 5) is 0. The van der Waals surface area contributed by atoms with E-state index in [-0.39, 0.29) is 10.8 Å². The molecule has 110 valence electrons. The number of nitrogens with zero attached hydrogens (tertiary/aromatic N) is 1. The lowest BCUT2D eigenvalue weighted by atomic mass is 9.87. The summed E-state index contributed by atoms with van der Waals surface area (Å²) >= 11 is 0. The van der Waals surface area contributed by atoms with E-state index >= 15 is 0 Å². The molecule has 0 aliphatic rings. The highest BCUT2D eigenvalue weighted by atomic mass is 15.0. The van der Waals surface area contributed by atoms with Crippen LogP contribution in [0.25, 0.3) is 10.9 Å². The maximum absolute atomic E-state index is 2.52. The number of hydrogen-bond acceptors (Lipinski definition) is 0. The van der Waals surface area contributed by atoms with Crippen molar-refractivity contribution in [3.05, 3.63) is 35.5 Å². The van der Waals surface area contributed by atoms with Gasteiger partial charge in [0.25, 0.3) is 0 Å². The van der Waals surface area contributed by atoms with E-state index in [0.717, 1.165) is 6.54 Å². The second-order valence-electron chi connectivity index (χ2n) is 7.95. The Morgan fingerprint density at radius 1 is 0.900 bits per heavy atom. The van der Waals surface area contributed by atoms with Gasteiger partial charge in [0.2, 0.25) is 0 Å². The molecular weight excluding hydrogens is 242 g/mol. The largest absolute Gasteiger partial charge is 0.344 e. The van der Waals surface area contributed by atoms with Gasteiger partial charge < -0.3 is 4.57 Å². The summed E-state index contributed by atoms with van der Waals surface area (Å²) in [6, 6.07) is 9.33. The van der Waals surface area contributed by atoms with Crippen LogP contribution in [0.2, 0.25) is 0 Å². The van der Waals surface area contributed by atoms with Gasteiger partial charge in [-0.05, 0) is 34.9 Å². The van der Waals surface area contributed by atoms with Gasteiger partial charge in [0.15, 0.2) is 0 Å². The Balaban J connectivity index is 2.70. The summed E-state index contributed by atoms with van der Waals surface area (Å²) in [5.74, 6) is 0. The van der Waals surface area contributed by atoms with Gasteiger partial charge in [-0.15, -0.1) is 0 Å². The SMILES string of the molecule is CCCn1c(C(C)(C)C)cc2ccc(C(C)(C)C)cc21. The molecule has 0 atom stereocenters. The first-order chi connectivity index (χ1) is 9.14. The lowest BCUT2D eigenvalue weighted by Crippen LogP contribution is -2.17. The zero-order chi connectivity index (χ0) is 15.1. The minimum absolute atomic E-state index is 0.191. The number of fused-ring (bicyclic) bond motifs is 1. The van der Waals surface area contributed by atoms with Gasteiger partial charge in [-0.3, -0.25) is 0 Å². The van der Waals surface area contributed by atoms with Gasteiger partial charge in [-0.2, -0.15) is 0 Å². The van der Waals surface area contributed by atoms with E-state index in [9.17, 15) is 0 Å². The molecule has 2 aromatic rings. The van der Waals surface area contributed by atoms with Crippen LogP contribution in [0.15, 0.2) is 24.3 Å². The predicted molar refractivity (Wildman–Crippen MR) is 89.6 cm³/mol. The number of rotatable bonds is 2. The average Bonchev–Trinajstić information content (AvgIpc) is 2.67. The molecule has 20 heavy (non-hydrogen) atoms. The van der Waals surface area contributed by atoms with Crippen LogP contribution in [0.4, 0.5) is 0 Å². The molecule has 0 amide bonds. The standard InChI is InChI=1S/C19H29N/c1-8-11-20-16-13-15(18(2,3)4)10-9-14(16)12-17(20)19(5,6)7/h9-10,12-13H,8,11H2,1-7H3. The highest BCUT2D eigenvalue weighted by molar-refractivity contribution is 5.82. The van der Waals surface area contributed by atoms with Crippen molar-refractivity contribution in [2.75, 3.05) is 0 Å². The molecule has 1 aromatic heterocycles. The maximum Gasteiger partial charge on any atom is 0.0485 e. The second kappa shape index (κ2) is 4.95. The van der Waals surface area contributed by atoms with E-state index in [4.69, 9.17) is 0 Å². The smallest absolute Gasteiger partial charge is 0.0485 e. The highest BCUT2D eigenvalue weighted by Crippen LogP contribution is 2.32. The Bertz CT molecular complexity index is 603. The Kier molecular flexibility index (Phi) is 3.75. The third-order valence-electron chi connectivity index (χ3n) is 3.99. The van der Waals surface area contributed by atoms with E-state index < -0.39 is 0 Å². The van der Waals surface area contributed by atoms with E-state index in [0.29, 0.717) is 0 Å². The zero-order valence-corrected chi connectivity index (χ0v) is 14.2. The zero-order valence-electron chi connectivity index (χ0n) is 14.2.